The van der Waals surface area contributed by atoms with Gasteiger partial charge in [-0.2, -0.15) is 0 Å². The number of rotatable bonds is 6. The third-order valence-electron chi connectivity index (χ3n) is 3.71. The van der Waals surface area contributed by atoms with Gasteiger partial charge in [-0.05, 0) is 49.8 Å². The van der Waals surface area contributed by atoms with Crippen molar-refractivity contribution in [2.45, 2.75) is 25.7 Å². The largest absolute Gasteiger partial charge is 0.496 e. The van der Waals surface area contributed by atoms with Crippen LogP contribution in [0.1, 0.15) is 24.8 Å². The Kier molecular flexibility index (Phi) is 3.57. The summed E-state index contributed by atoms with van der Waals surface area (Å²) in [5.41, 5.74) is 7.27. The highest BCUT2D eigenvalue weighted by molar-refractivity contribution is 5.45. The first-order valence-corrected chi connectivity index (χ1v) is 6.14. The zero-order valence-electron chi connectivity index (χ0n) is 10.7. The van der Waals surface area contributed by atoms with Gasteiger partial charge in [0, 0.05) is 5.56 Å². The topological polar surface area (TPSA) is 44.5 Å². The predicted molar refractivity (Wildman–Crippen MR) is 68.6 cm³/mol. The Bertz CT molecular complexity index is 364. The van der Waals surface area contributed by atoms with E-state index in [-0.39, 0.29) is 0 Å². The van der Waals surface area contributed by atoms with Gasteiger partial charge in [-0.15, -0.1) is 0 Å². The summed E-state index contributed by atoms with van der Waals surface area (Å²) in [6.07, 6.45) is 4.64. The molecule has 0 aliphatic heterocycles. The zero-order chi connectivity index (χ0) is 12.3. The minimum atomic E-state index is 0.399. The highest BCUT2D eigenvalue weighted by atomic mass is 16.5. The van der Waals surface area contributed by atoms with Crippen LogP contribution >= 0.6 is 0 Å². The molecule has 0 amide bonds. The van der Waals surface area contributed by atoms with Crippen LogP contribution in [0.25, 0.3) is 0 Å². The van der Waals surface area contributed by atoms with E-state index >= 15 is 0 Å². The molecule has 1 aromatic carbocycles. The van der Waals surface area contributed by atoms with Gasteiger partial charge in [-0.1, -0.05) is 6.07 Å². The van der Waals surface area contributed by atoms with Gasteiger partial charge in [0.25, 0.3) is 0 Å². The van der Waals surface area contributed by atoms with Gasteiger partial charge in [0.1, 0.15) is 11.5 Å². The highest BCUT2D eigenvalue weighted by Crippen LogP contribution is 2.53. The van der Waals surface area contributed by atoms with Crippen LogP contribution in [0.2, 0.25) is 0 Å². The fourth-order valence-corrected chi connectivity index (χ4v) is 2.48. The van der Waals surface area contributed by atoms with E-state index in [0.717, 1.165) is 30.9 Å². The summed E-state index contributed by atoms with van der Waals surface area (Å²) in [6, 6.07) is 5.95. The predicted octanol–water partition coefficient (Wildman–Crippen LogP) is 2.38. The van der Waals surface area contributed by atoms with Gasteiger partial charge in [0.15, 0.2) is 0 Å². The first-order valence-electron chi connectivity index (χ1n) is 6.14. The van der Waals surface area contributed by atoms with Crippen LogP contribution in [0.4, 0.5) is 0 Å². The summed E-state index contributed by atoms with van der Waals surface area (Å²) >= 11 is 0. The maximum atomic E-state index is 5.69. The molecule has 3 heteroatoms. The Morgan fingerprint density at radius 1 is 1.18 bits per heavy atom. The third-order valence-corrected chi connectivity index (χ3v) is 3.71. The second-order valence-electron chi connectivity index (χ2n) is 4.86. The number of ether oxygens (including phenoxy) is 2. The van der Waals surface area contributed by atoms with Crippen LogP contribution in [0.15, 0.2) is 18.2 Å². The van der Waals surface area contributed by atoms with Gasteiger partial charge in [-0.3, -0.25) is 0 Å². The number of hydrogen-bond donors (Lipinski definition) is 1. The summed E-state index contributed by atoms with van der Waals surface area (Å²) in [5, 5.41) is 0. The van der Waals surface area contributed by atoms with E-state index in [1.807, 2.05) is 18.2 Å². The van der Waals surface area contributed by atoms with Crippen LogP contribution in [-0.4, -0.2) is 20.8 Å². The summed E-state index contributed by atoms with van der Waals surface area (Å²) in [4.78, 5) is 0. The van der Waals surface area contributed by atoms with Gasteiger partial charge in [0.05, 0.1) is 14.2 Å². The molecule has 0 atom stereocenters. The fourth-order valence-electron chi connectivity index (χ4n) is 2.48. The van der Waals surface area contributed by atoms with E-state index in [2.05, 4.69) is 0 Å². The van der Waals surface area contributed by atoms with E-state index in [4.69, 9.17) is 15.2 Å². The fraction of sp³-hybridized carbons (Fsp3) is 0.571. The minimum Gasteiger partial charge on any atom is -0.496 e. The molecule has 0 bridgehead atoms. The molecule has 1 aliphatic rings. The molecule has 0 heterocycles. The van der Waals surface area contributed by atoms with E-state index < -0.39 is 0 Å². The number of nitrogens with two attached hydrogens (primary N) is 1. The molecular weight excluding hydrogens is 214 g/mol. The maximum Gasteiger partial charge on any atom is 0.125 e. The molecule has 1 fully saturated rings. The van der Waals surface area contributed by atoms with Gasteiger partial charge in [0.2, 0.25) is 0 Å². The molecule has 1 saturated carbocycles. The van der Waals surface area contributed by atoms with Crippen molar-refractivity contribution >= 4 is 0 Å². The monoisotopic (exact) mass is 235 g/mol. The third kappa shape index (κ3) is 2.55. The molecule has 94 valence electrons. The van der Waals surface area contributed by atoms with Crippen molar-refractivity contribution in [3.8, 4) is 11.5 Å². The smallest absolute Gasteiger partial charge is 0.125 e. The van der Waals surface area contributed by atoms with E-state index in [1.54, 1.807) is 14.2 Å². The van der Waals surface area contributed by atoms with E-state index in [0.29, 0.717) is 5.41 Å². The summed E-state index contributed by atoms with van der Waals surface area (Å²) in [6.45, 7) is 0.761. The normalized spacial score (nSPS) is 16.6. The Morgan fingerprint density at radius 2 is 1.76 bits per heavy atom. The Labute approximate surface area is 103 Å². The van der Waals surface area contributed by atoms with Crippen LogP contribution in [-0.2, 0) is 6.42 Å². The lowest BCUT2D eigenvalue weighted by Gasteiger charge is -2.18. The number of methoxy groups -OCH3 is 2. The quantitative estimate of drug-likeness (QED) is 0.823. The number of benzene rings is 1. The zero-order valence-corrected chi connectivity index (χ0v) is 10.7. The molecule has 2 N–H and O–H groups in total. The lowest BCUT2D eigenvalue weighted by molar-refractivity contribution is 0.370. The Balaban J connectivity index is 2.24. The lowest BCUT2D eigenvalue weighted by Crippen LogP contribution is -2.13. The average molecular weight is 235 g/mol. The van der Waals surface area contributed by atoms with Crippen molar-refractivity contribution in [2.75, 3.05) is 20.8 Å². The Hall–Kier alpha value is -1.22. The molecule has 2 rings (SSSR count). The summed E-state index contributed by atoms with van der Waals surface area (Å²) in [7, 11) is 3.42. The molecule has 3 nitrogen and oxygen atoms in total. The molecular formula is C14H21NO2. The summed E-state index contributed by atoms with van der Waals surface area (Å²) in [5.74, 6) is 1.85. The van der Waals surface area contributed by atoms with Crippen molar-refractivity contribution in [1.29, 1.82) is 0 Å². The molecule has 1 aromatic rings. The highest BCUT2D eigenvalue weighted by Gasteiger charge is 2.42. The first kappa shape index (κ1) is 12.2. The van der Waals surface area contributed by atoms with E-state index in [9.17, 15) is 0 Å². The SMILES string of the molecule is COc1cccc(OC)c1CC1(CCN)CC1. The molecule has 0 saturated heterocycles. The standard InChI is InChI=1S/C14H21NO2/c1-16-12-4-3-5-13(17-2)11(12)10-14(6-7-14)8-9-15/h3-5H,6-10,15H2,1-2H3. The molecule has 1 aliphatic carbocycles. The van der Waals surface area contributed by atoms with Crippen molar-refractivity contribution in [3.05, 3.63) is 23.8 Å². The van der Waals surface area contributed by atoms with Crippen molar-refractivity contribution in [2.24, 2.45) is 11.1 Å². The molecule has 17 heavy (non-hydrogen) atoms. The Morgan fingerprint density at radius 3 is 2.18 bits per heavy atom. The molecule has 0 aromatic heterocycles. The second-order valence-corrected chi connectivity index (χ2v) is 4.86. The van der Waals surface area contributed by atoms with Gasteiger partial charge < -0.3 is 15.2 Å². The molecule has 0 spiro atoms. The lowest BCUT2D eigenvalue weighted by atomic mass is 9.92. The maximum absolute atomic E-state index is 5.69. The van der Waals surface area contributed by atoms with Crippen LogP contribution in [0, 0.1) is 5.41 Å². The number of hydrogen-bond acceptors (Lipinski definition) is 3. The van der Waals surface area contributed by atoms with Gasteiger partial charge >= 0.3 is 0 Å². The van der Waals surface area contributed by atoms with Crippen molar-refractivity contribution in [3.63, 3.8) is 0 Å². The van der Waals surface area contributed by atoms with Crippen molar-refractivity contribution < 1.29 is 9.47 Å². The van der Waals surface area contributed by atoms with Crippen LogP contribution in [0.5, 0.6) is 11.5 Å². The average Bonchev–Trinajstić information content (AvgIpc) is 3.09. The second kappa shape index (κ2) is 4.96. The molecule has 0 unspecified atom stereocenters. The van der Waals surface area contributed by atoms with Crippen LogP contribution < -0.4 is 15.2 Å². The van der Waals surface area contributed by atoms with E-state index in [1.165, 1.54) is 18.4 Å². The van der Waals surface area contributed by atoms with Gasteiger partial charge in [-0.25, -0.2) is 0 Å². The van der Waals surface area contributed by atoms with Crippen molar-refractivity contribution in [1.82, 2.24) is 0 Å². The molecule has 0 radical (unpaired) electrons. The minimum absolute atomic E-state index is 0.399. The van der Waals surface area contributed by atoms with Crippen LogP contribution in [0.3, 0.4) is 0 Å². The first-order chi connectivity index (χ1) is 8.24. The summed E-state index contributed by atoms with van der Waals surface area (Å²) < 4.78 is 10.9.